The van der Waals surface area contributed by atoms with Crippen LogP contribution in [-0.4, -0.2) is 50.1 Å². The zero-order valence-corrected chi connectivity index (χ0v) is 14.3. The first-order valence-corrected chi connectivity index (χ1v) is 8.47. The van der Waals surface area contributed by atoms with Gasteiger partial charge in [-0.1, -0.05) is 0 Å². The van der Waals surface area contributed by atoms with Crippen molar-refractivity contribution in [3.63, 3.8) is 0 Å². The highest BCUT2D eigenvalue weighted by molar-refractivity contribution is 5.94. The van der Waals surface area contributed by atoms with E-state index in [9.17, 15) is 9.90 Å². The number of nitrogens with one attached hydrogen (secondary N) is 1. The van der Waals surface area contributed by atoms with Gasteiger partial charge in [0.2, 0.25) is 0 Å². The summed E-state index contributed by atoms with van der Waals surface area (Å²) in [5.41, 5.74) is 1.57. The Balaban J connectivity index is 1.74. The number of aromatic nitrogens is 4. The van der Waals surface area contributed by atoms with Crippen LogP contribution in [0, 0.1) is 11.3 Å². The first-order chi connectivity index (χ1) is 13.2. The van der Waals surface area contributed by atoms with E-state index in [0.29, 0.717) is 41.3 Å². The van der Waals surface area contributed by atoms with E-state index in [2.05, 4.69) is 20.4 Å². The molecule has 1 fully saturated rings. The van der Waals surface area contributed by atoms with Crippen LogP contribution in [0.15, 0.2) is 30.7 Å². The number of ether oxygens (including phenoxy) is 1. The summed E-state index contributed by atoms with van der Waals surface area (Å²) in [6, 6.07) is 5.53. The number of anilines is 1. The summed E-state index contributed by atoms with van der Waals surface area (Å²) in [5.74, 6) is -0.604. The smallest absolute Gasteiger partial charge is 0.339 e. The molecule has 0 spiro atoms. The van der Waals surface area contributed by atoms with Crippen LogP contribution in [0.25, 0.3) is 16.9 Å². The van der Waals surface area contributed by atoms with Crippen molar-refractivity contribution in [2.24, 2.45) is 0 Å². The second kappa shape index (κ2) is 7.01. The predicted molar refractivity (Wildman–Crippen MR) is 95.8 cm³/mol. The van der Waals surface area contributed by atoms with Gasteiger partial charge >= 0.3 is 5.97 Å². The maximum atomic E-state index is 11.6. The van der Waals surface area contributed by atoms with Crippen molar-refractivity contribution < 1.29 is 14.6 Å². The average Bonchev–Trinajstić information content (AvgIpc) is 3.11. The number of hydrogen-bond acceptors (Lipinski definition) is 7. The van der Waals surface area contributed by atoms with Gasteiger partial charge in [-0.25, -0.2) is 14.8 Å². The molecule has 0 unspecified atom stereocenters. The largest absolute Gasteiger partial charge is 0.478 e. The van der Waals surface area contributed by atoms with Crippen molar-refractivity contribution in [3.05, 3.63) is 41.9 Å². The molecule has 0 amide bonds. The Morgan fingerprint density at radius 2 is 2.07 bits per heavy atom. The molecule has 136 valence electrons. The van der Waals surface area contributed by atoms with E-state index in [1.54, 1.807) is 18.3 Å². The molecule has 9 nitrogen and oxygen atoms in total. The fourth-order valence-electron chi connectivity index (χ4n) is 3.06. The van der Waals surface area contributed by atoms with E-state index in [1.165, 1.54) is 17.1 Å². The maximum Gasteiger partial charge on any atom is 0.339 e. The molecule has 1 saturated heterocycles. The monoisotopic (exact) mass is 364 g/mol. The Bertz CT molecular complexity index is 1050. The first kappa shape index (κ1) is 16.9. The maximum absolute atomic E-state index is 11.6. The first-order valence-electron chi connectivity index (χ1n) is 8.47. The molecule has 3 aromatic rings. The molecular formula is C18H16N6O3. The quantitative estimate of drug-likeness (QED) is 0.719. The zero-order chi connectivity index (χ0) is 18.8. The molecule has 0 atom stereocenters. The van der Waals surface area contributed by atoms with Gasteiger partial charge in [0.05, 0.1) is 17.4 Å². The number of carboxylic acids is 1. The third-order valence-corrected chi connectivity index (χ3v) is 4.46. The van der Waals surface area contributed by atoms with Crippen LogP contribution in [0.4, 0.5) is 5.69 Å². The second-order valence-electron chi connectivity index (χ2n) is 6.23. The molecule has 1 aliphatic rings. The molecule has 1 aliphatic heterocycles. The standard InChI is InChI=1S/C18H16N6O3/c19-7-11-5-12-9-22-24(17(12)21-8-11)16-6-15(14(10-20-16)18(25)26)23-13-1-3-27-4-2-13/h5-6,8-10,13H,1-4H2,(H,20,23)(H,25,26). The van der Waals surface area contributed by atoms with Gasteiger partial charge in [0.1, 0.15) is 11.6 Å². The number of nitriles is 1. The molecule has 0 aliphatic carbocycles. The minimum Gasteiger partial charge on any atom is -0.478 e. The Morgan fingerprint density at radius 1 is 1.26 bits per heavy atom. The third-order valence-electron chi connectivity index (χ3n) is 4.46. The second-order valence-corrected chi connectivity index (χ2v) is 6.23. The van der Waals surface area contributed by atoms with E-state index < -0.39 is 5.97 Å². The van der Waals surface area contributed by atoms with E-state index >= 15 is 0 Å². The topological polar surface area (TPSA) is 126 Å². The van der Waals surface area contributed by atoms with Crippen molar-refractivity contribution in [2.75, 3.05) is 18.5 Å². The Labute approximate surface area is 154 Å². The molecule has 27 heavy (non-hydrogen) atoms. The van der Waals surface area contributed by atoms with Crippen LogP contribution in [0.5, 0.6) is 0 Å². The number of nitrogens with zero attached hydrogens (tertiary/aromatic N) is 5. The lowest BCUT2D eigenvalue weighted by Gasteiger charge is -2.25. The molecule has 0 radical (unpaired) electrons. The number of rotatable bonds is 4. The van der Waals surface area contributed by atoms with Crippen molar-refractivity contribution in [1.82, 2.24) is 19.7 Å². The van der Waals surface area contributed by atoms with Crippen molar-refractivity contribution in [3.8, 4) is 11.9 Å². The number of hydrogen-bond donors (Lipinski definition) is 2. The number of carbonyl (C=O) groups is 1. The van der Waals surface area contributed by atoms with Crippen LogP contribution in [0.1, 0.15) is 28.8 Å². The summed E-state index contributed by atoms with van der Waals surface area (Å²) in [4.78, 5) is 20.1. The van der Waals surface area contributed by atoms with E-state index in [-0.39, 0.29) is 11.6 Å². The van der Waals surface area contributed by atoms with Crippen LogP contribution in [-0.2, 0) is 4.74 Å². The lowest BCUT2D eigenvalue weighted by Crippen LogP contribution is -2.28. The molecule has 4 heterocycles. The van der Waals surface area contributed by atoms with E-state index in [4.69, 9.17) is 10.00 Å². The summed E-state index contributed by atoms with van der Waals surface area (Å²) in [6.07, 6.45) is 5.99. The highest BCUT2D eigenvalue weighted by Gasteiger charge is 2.19. The van der Waals surface area contributed by atoms with Crippen LogP contribution >= 0.6 is 0 Å². The summed E-state index contributed by atoms with van der Waals surface area (Å²) in [6.45, 7) is 1.29. The molecule has 0 bridgehead atoms. The average molecular weight is 364 g/mol. The summed E-state index contributed by atoms with van der Waals surface area (Å²) in [7, 11) is 0. The van der Waals surface area contributed by atoms with E-state index in [0.717, 1.165) is 12.8 Å². The van der Waals surface area contributed by atoms with Gasteiger partial charge in [0, 0.05) is 43.1 Å². The van der Waals surface area contributed by atoms with Gasteiger partial charge < -0.3 is 15.2 Å². The molecule has 2 N–H and O–H groups in total. The van der Waals surface area contributed by atoms with Crippen molar-refractivity contribution in [1.29, 1.82) is 5.26 Å². The molecule has 0 saturated carbocycles. The number of carboxylic acid groups (broad SMARTS) is 1. The molecule has 9 heteroatoms. The van der Waals surface area contributed by atoms with Crippen LogP contribution in [0.3, 0.4) is 0 Å². The highest BCUT2D eigenvalue weighted by atomic mass is 16.5. The molecule has 3 aromatic heterocycles. The third kappa shape index (κ3) is 3.30. The lowest BCUT2D eigenvalue weighted by molar-refractivity contribution is 0.0697. The van der Waals surface area contributed by atoms with Crippen LogP contribution in [0.2, 0.25) is 0 Å². The van der Waals surface area contributed by atoms with E-state index in [1.807, 2.05) is 6.07 Å². The summed E-state index contributed by atoms with van der Waals surface area (Å²) in [5, 5.41) is 26.8. The Morgan fingerprint density at radius 3 is 2.81 bits per heavy atom. The summed E-state index contributed by atoms with van der Waals surface area (Å²) >= 11 is 0. The van der Waals surface area contributed by atoms with Gasteiger partial charge in [-0.3, -0.25) is 0 Å². The van der Waals surface area contributed by atoms with Crippen LogP contribution < -0.4 is 5.32 Å². The number of fused-ring (bicyclic) bond motifs is 1. The Hall–Kier alpha value is -3.51. The Kier molecular flexibility index (Phi) is 4.40. The normalized spacial score (nSPS) is 14.8. The SMILES string of the molecule is N#Cc1cnc2c(cnn2-c2cc(NC3CCOCC3)c(C(=O)O)cn2)c1. The minimum absolute atomic E-state index is 0.0985. The minimum atomic E-state index is -1.05. The van der Waals surface area contributed by atoms with Gasteiger partial charge in [-0.05, 0) is 18.9 Å². The fraction of sp³-hybridized carbons (Fsp3) is 0.278. The molecule has 0 aromatic carbocycles. The number of aromatic carboxylic acids is 1. The van der Waals surface area contributed by atoms with Gasteiger partial charge in [-0.2, -0.15) is 15.0 Å². The summed E-state index contributed by atoms with van der Waals surface area (Å²) < 4.78 is 6.88. The van der Waals surface area contributed by atoms with Gasteiger partial charge in [-0.15, -0.1) is 0 Å². The van der Waals surface area contributed by atoms with Gasteiger partial charge in [0.25, 0.3) is 0 Å². The van der Waals surface area contributed by atoms with Gasteiger partial charge in [0.15, 0.2) is 11.5 Å². The van der Waals surface area contributed by atoms with Crippen molar-refractivity contribution >= 4 is 22.7 Å². The molecule has 4 rings (SSSR count). The lowest BCUT2D eigenvalue weighted by atomic mass is 10.1. The van der Waals surface area contributed by atoms with Crippen molar-refractivity contribution in [2.45, 2.75) is 18.9 Å². The molecular weight excluding hydrogens is 348 g/mol. The predicted octanol–water partition coefficient (Wildman–Crippen LogP) is 1.98. The zero-order valence-electron chi connectivity index (χ0n) is 14.3. The number of pyridine rings is 2. The highest BCUT2D eigenvalue weighted by Crippen LogP contribution is 2.23. The fourth-order valence-corrected chi connectivity index (χ4v) is 3.06.